The summed E-state index contributed by atoms with van der Waals surface area (Å²) in [5.41, 5.74) is 1.19. The quantitative estimate of drug-likeness (QED) is 0.879. The van der Waals surface area contributed by atoms with Crippen molar-refractivity contribution in [2.75, 3.05) is 14.2 Å². The lowest BCUT2D eigenvalue weighted by atomic mass is 9.82. The molecule has 1 aromatic carbocycles. The Hall–Kier alpha value is -1.22. The number of fused-ring (bicyclic) bond motifs is 1. The highest BCUT2D eigenvalue weighted by Crippen LogP contribution is 2.44. The Morgan fingerprint density at radius 1 is 1.42 bits per heavy atom. The van der Waals surface area contributed by atoms with Crippen LogP contribution in [-0.4, -0.2) is 19.8 Å². The molecule has 0 saturated heterocycles. The number of ether oxygens (including phenoxy) is 2. The minimum absolute atomic E-state index is 0.0238. The monoisotopic (exact) mass is 263 g/mol. The van der Waals surface area contributed by atoms with Gasteiger partial charge < -0.3 is 14.8 Å². The molecule has 2 unspecified atom stereocenters. The van der Waals surface area contributed by atoms with E-state index < -0.39 is 0 Å². The van der Waals surface area contributed by atoms with Crippen LogP contribution in [0.2, 0.25) is 0 Å². The van der Waals surface area contributed by atoms with Crippen molar-refractivity contribution in [1.82, 2.24) is 5.32 Å². The summed E-state index contributed by atoms with van der Waals surface area (Å²) in [6.45, 7) is 4.44. The van der Waals surface area contributed by atoms with Gasteiger partial charge in [-0.1, -0.05) is 20.3 Å². The molecular weight excluding hydrogens is 238 g/mol. The van der Waals surface area contributed by atoms with Gasteiger partial charge >= 0.3 is 0 Å². The molecule has 0 radical (unpaired) electrons. The summed E-state index contributed by atoms with van der Waals surface area (Å²) in [4.78, 5) is 0. The van der Waals surface area contributed by atoms with Crippen LogP contribution < -0.4 is 14.8 Å². The van der Waals surface area contributed by atoms with Crippen LogP contribution in [-0.2, 0) is 0 Å². The highest BCUT2D eigenvalue weighted by molar-refractivity contribution is 5.44. The van der Waals surface area contributed by atoms with Gasteiger partial charge in [-0.25, -0.2) is 0 Å². The maximum atomic E-state index is 6.35. The molecule has 0 amide bonds. The lowest BCUT2D eigenvalue weighted by Gasteiger charge is -2.42. The second kappa shape index (κ2) is 5.83. The van der Waals surface area contributed by atoms with Gasteiger partial charge in [-0.3, -0.25) is 0 Å². The topological polar surface area (TPSA) is 30.5 Å². The highest BCUT2D eigenvalue weighted by atomic mass is 16.5. The third kappa shape index (κ3) is 2.71. The predicted molar refractivity (Wildman–Crippen MR) is 78.0 cm³/mol. The van der Waals surface area contributed by atoms with Crippen molar-refractivity contribution in [1.29, 1.82) is 0 Å². The first kappa shape index (κ1) is 14.2. The number of rotatable bonds is 5. The van der Waals surface area contributed by atoms with E-state index in [1.165, 1.54) is 5.56 Å². The van der Waals surface area contributed by atoms with Gasteiger partial charge in [-0.2, -0.15) is 0 Å². The molecule has 1 aliphatic heterocycles. The number of benzene rings is 1. The number of hydrogen-bond acceptors (Lipinski definition) is 3. The van der Waals surface area contributed by atoms with Gasteiger partial charge in [0.1, 0.15) is 17.1 Å². The Morgan fingerprint density at radius 3 is 2.79 bits per heavy atom. The van der Waals surface area contributed by atoms with E-state index in [0.29, 0.717) is 6.04 Å². The first-order valence-corrected chi connectivity index (χ1v) is 7.22. The van der Waals surface area contributed by atoms with Crippen LogP contribution in [0.5, 0.6) is 11.5 Å². The summed E-state index contributed by atoms with van der Waals surface area (Å²) in [5.74, 6) is 1.89. The van der Waals surface area contributed by atoms with Crippen molar-refractivity contribution in [3.63, 3.8) is 0 Å². The van der Waals surface area contributed by atoms with E-state index in [1.807, 2.05) is 19.2 Å². The van der Waals surface area contributed by atoms with Crippen LogP contribution >= 0.6 is 0 Å². The molecule has 19 heavy (non-hydrogen) atoms. The molecule has 2 atom stereocenters. The van der Waals surface area contributed by atoms with Crippen molar-refractivity contribution in [2.24, 2.45) is 0 Å². The molecule has 2 rings (SSSR count). The van der Waals surface area contributed by atoms with Crippen LogP contribution in [0.15, 0.2) is 18.2 Å². The van der Waals surface area contributed by atoms with Crippen LogP contribution in [0.25, 0.3) is 0 Å². The van der Waals surface area contributed by atoms with Crippen molar-refractivity contribution >= 4 is 0 Å². The molecular formula is C16H25NO2. The van der Waals surface area contributed by atoms with E-state index >= 15 is 0 Å². The lowest BCUT2D eigenvalue weighted by molar-refractivity contribution is 0.0187. The summed E-state index contributed by atoms with van der Waals surface area (Å²) >= 11 is 0. The Kier molecular flexibility index (Phi) is 4.35. The molecule has 1 aliphatic rings. The number of hydrogen-bond donors (Lipinski definition) is 1. The standard InChI is InChI=1S/C16H25NO2/c1-5-9-16(6-2)11-14(17-3)13-10-12(18-4)7-8-15(13)19-16/h7-8,10,14,17H,5-6,9,11H2,1-4H3. The summed E-state index contributed by atoms with van der Waals surface area (Å²) in [6.07, 6.45) is 4.32. The number of nitrogens with one attached hydrogen (secondary N) is 1. The minimum Gasteiger partial charge on any atom is -0.497 e. The van der Waals surface area contributed by atoms with Crippen molar-refractivity contribution in [2.45, 2.75) is 51.2 Å². The van der Waals surface area contributed by atoms with E-state index in [9.17, 15) is 0 Å². The number of methoxy groups -OCH3 is 1. The maximum absolute atomic E-state index is 6.35. The SMILES string of the molecule is CCCC1(CC)CC(NC)c2cc(OC)ccc2O1. The average Bonchev–Trinajstić information content (AvgIpc) is 2.46. The Morgan fingerprint density at radius 2 is 2.21 bits per heavy atom. The Bertz CT molecular complexity index is 433. The van der Waals surface area contributed by atoms with E-state index in [-0.39, 0.29) is 5.60 Å². The van der Waals surface area contributed by atoms with E-state index in [4.69, 9.17) is 9.47 Å². The van der Waals surface area contributed by atoms with Crippen LogP contribution in [0.1, 0.15) is 51.1 Å². The molecule has 3 heteroatoms. The van der Waals surface area contributed by atoms with E-state index in [1.54, 1.807) is 7.11 Å². The molecule has 1 aromatic rings. The molecule has 0 aromatic heterocycles. The fourth-order valence-electron chi connectivity index (χ4n) is 3.04. The van der Waals surface area contributed by atoms with Gasteiger partial charge in [0.15, 0.2) is 0 Å². The molecule has 106 valence electrons. The van der Waals surface area contributed by atoms with Gasteiger partial charge in [0.2, 0.25) is 0 Å². The van der Waals surface area contributed by atoms with Gasteiger partial charge in [-0.05, 0) is 38.1 Å². The first-order valence-electron chi connectivity index (χ1n) is 7.22. The molecule has 1 N–H and O–H groups in total. The zero-order valence-corrected chi connectivity index (χ0v) is 12.5. The Balaban J connectivity index is 2.37. The molecule has 0 aliphatic carbocycles. The average molecular weight is 263 g/mol. The second-order valence-electron chi connectivity index (χ2n) is 5.34. The molecule has 1 heterocycles. The smallest absolute Gasteiger partial charge is 0.125 e. The van der Waals surface area contributed by atoms with Crippen LogP contribution in [0.3, 0.4) is 0 Å². The summed E-state index contributed by atoms with van der Waals surface area (Å²) in [5, 5.41) is 3.42. The normalized spacial score (nSPS) is 25.6. The maximum Gasteiger partial charge on any atom is 0.125 e. The van der Waals surface area contributed by atoms with Gasteiger partial charge in [-0.15, -0.1) is 0 Å². The largest absolute Gasteiger partial charge is 0.497 e. The van der Waals surface area contributed by atoms with Crippen molar-refractivity contribution in [3.05, 3.63) is 23.8 Å². The van der Waals surface area contributed by atoms with E-state index in [2.05, 4.69) is 25.2 Å². The summed E-state index contributed by atoms with van der Waals surface area (Å²) < 4.78 is 11.7. The predicted octanol–water partition coefficient (Wildman–Crippen LogP) is 3.69. The molecule has 3 nitrogen and oxygen atoms in total. The minimum atomic E-state index is -0.0238. The third-order valence-corrected chi connectivity index (χ3v) is 4.19. The lowest BCUT2D eigenvalue weighted by Crippen LogP contribution is -2.43. The zero-order valence-electron chi connectivity index (χ0n) is 12.5. The zero-order chi connectivity index (χ0) is 13.9. The summed E-state index contributed by atoms with van der Waals surface area (Å²) in [7, 11) is 3.72. The summed E-state index contributed by atoms with van der Waals surface area (Å²) in [6, 6.07) is 6.44. The fourth-order valence-corrected chi connectivity index (χ4v) is 3.04. The van der Waals surface area contributed by atoms with Gasteiger partial charge in [0.05, 0.1) is 7.11 Å². The van der Waals surface area contributed by atoms with Crippen LogP contribution in [0, 0.1) is 0 Å². The van der Waals surface area contributed by atoms with Crippen molar-refractivity contribution in [3.8, 4) is 11.5 Å². The Labute approximate surface area is 116 Å². The highest BCUT2D eigenvalue weighted by Gasteiger charge is 2.38. The molecule has 0 saturated carbocycles. The first-order chi connectivity index (χ1) is 9.18. The van der Waals surface area contributed by atoms with Gasteiger partial charge in [0, 0.05) is 18.0 Å². The van der Waals surface area contributed by atoms with Crippen molar-refractivity contribution < 1.29 is 9.47 Å². The van der Waals surface area contributed by atoms with Gasteiger partial charge in [0.25, 0.3) is 0 Å². The molecule has 0 fully saturated rings. The molecule has 0 spiro atoms. The third-order valence-electron chi connectivity index (χ3n) is 4.19. The second-order valence-corrected chi connectivity index (χ2v) is 5.34. The van der Waals surface area contributed by atoms with E-state index in [0.717, 1.165) is 37.2 Å². The van der Waals surface area contributed by atoms with Crippen LogP contribution in [0.4, 0.5) is 0 Å². The molecule has 0 bridgehead atoms. The fraction of sp³-hybridized carbons (Fsp3) is 0.625.